The number of anilines is 1. The topological polar surface area (TPSA) is 64.3 Å². The maximum Gasteiger partial charge on any atom is 0.279 e. The Morgan fingerprint density at radius 1 is 0.949 bits per heavy atom. The van der Waals surface area contributed by atoms with Crippen LogP contribution in [0.15, 0.2) is 90.0 Å². The van der Waals surface area contributed by atoms with E-state index < -0.39 is 6.23 Å². The highest BCUT2D eigenvalue weighted by molar-refractivity contribution is 6.51. The molecule has 2 aliphatic heterocycles. The second-order valence-electron chi connectivity index (χ2n) is 10.4. The van der Waals surface area contributed by atoms with Gasteiger partial charge in [-0.3, -0.25) is 14.7 Å². The summed E-state index contributed by atoms with van der Waals surface area (Å²) in [7, 11) is 1.97. The molecular formula is C32H35N5O2. The van der Waals surface area contributed by atoms with Gasteiger partial charge in [0, 0.05) is 55.4 Å². The van der Waals surface area contributed by atoms with Gasteiger partial charge in [0.15, 0.2) is 11.9 Å². The van der Waals surface area contributed by atoms with Crippen LogP contribution in [-0.2, 0) is 18.4 Å². The van der Waals surface area contributed by atoms with Crippen molar-refractivity contribution < 1.29 is 9.90 Å². The van der Waals surface area contributed by atoms with Crippen LogP contribution in [0, 0.1) is 0 Å². The Kier molecular flexibility index (Phi) is 6.94. The first kappa shape index (κ1) is 25.3. The molecule has 1 fully saturated rings. The molecule has 0 saturated carbocycles. The van der Waals surface area contributed by atoms with Crippen molar-refractivity contribution in [2.45, 2.75) is 38.6 Å². The van der Waals surface area contributed by atoms with Gasteiger partial charge >= 0.3 is 0 Å². The molecule has 0 radical (unpaired) electrons. The molecule has 1 unspecified atom stereocenters. The van der Waals surface area contributed by atoms with Crippen LogP contribution < -0.4 is 4.90 Å². The summed E-state index contributed by atoms with van der Waals surface area (Å²) in [6.45, 7) is 5.23. The number of hydrogen-bond acceptors (Lipinski definition) is 5. The van der Waals surface area contributed by atoms with E-state index in [9.17, 15) is 9.90 Å². The van der Waals surface area contributed by atoms with Crippen molar-refractivity contribution in [2.75, 3.05) is 24.5 Å². The summed E-state index contributed by atoms with van der Waals surface area (Å²) in [4.78, 5) is 18.4. The average Bonchev–Trinajstić information content (AvgIpc) is 3.28. The van der Waals surface area contributed by atoms with Crippen LogP contribution in [0.1, 0.15) is 42.8 Å². The normalized spacial score (nSPS) is 18.2. The standard InChI is InChI=1S/C32H35N5O2/c1-3-36(24-14-8-5-9-15-24)31(38)29-28-26-16-10-11-17-27(26)34(2)30(28)32(39)37(33-29)25-18-20-35(21-19-25)22-23-12-6-4-7-13-23/h4-17,25,32,39H,3,18-22H2,1-2H3. The highest BCUT2D eigenvalue weighted by Gasteiger charge is 2.40. The van der Waals surface area contributed by atoms with Crippen molar-refractivity contribution >= 4 is 28.2 Å². The predicted molar refractivity (Wildman–Crippen MR) is 155 cm³/mol. The molecule has 6 rings (SSSR count). The van der Waals surface area contributed by atoms with Crippen LogP contribution in [0.4, 0.5) is 5.69 Å². The molecule has 4 aromatic rings. The van der Waals surface area contributed by atoms with Gasteiger partial charge < -0.3 is 14.6 Å². The summed E-state index contributed by atoms with van der Waals surface area (Å²) in [5, 5.41) is 19.4. The van der Waals surface area contributed by atoms with Crippen LogP contribution in [-0.4, -0.2) is 56.9 Å². The van der Waals surface area contributed by atoms with Crippen LogP contribution in [0.3, 0.4) is 0 Å². The quantitative estimate of drug-likeness (QED) is 0.392. The summed E-state index contributed by atoms with van der Waals surface area (Å²) < 4.78 is 2.02. The average molecular weight is 522 g/mol. The third-order valence-electron chi connectivity index (χ3n) is 8.11. The van der Waals surface area contributed by atoms with Crippen molar-refractivity contribution in [2.24, 2.45) is 12.1 Å². The van der Waals surface area contributed by atoms with Crippen LogP contribution in [0.5, 0.6) is 0 Å². The third-order valence-corrected chi connectivity index (χ3v) is 8.11. The first-order chi connectivity index (χ1) is 19.1. The molecule has 2 aliphatic rings. The predicted octanol–water partition coefficient (Wildman–Crippen LogP) is 4.91. The number of carbonyl (C=O) groups is 1. The zero-order chi connectivity index (χ0) is 26.9. The summed E-state index contributed by atoms with van der Waals surface area (Å²) in [6.07, 6.45) is 0.806. The molecule has 200 valence electrons. The number of hydrazone groups is 1. The molecule has 1 amide bonds. The first-order valence-corrected chi connectivity index (χ1v) is 13.8. The van der Waals surface area contributed by atoms with Gasteiger partial charge in [-0.15, -0.1) is 0 Å². The van der Waals surface area contributed by atoms with Gasteiger partial charge in [-0.2, -0.15) is 5.10 Å². The molecule has 7 nitrogen and oxygen atoms in total. The fraction of sp³-hybridized carbons (Fsp3) is 0.312. The van der Waals surface area contributed by atoms with Gasteiger partial charge in [-0.25, -0.2) is 0 Å². The summed E-state index contributed by atoms with van der Waals surface area (Å²) in [5.41, 5.74) is 4.97. The molecular weight excluding hydrogens is 486 g/mol. The Bertz CT molecular complexity index is 1490. The first-order valence-electron chi connectivity index (χ1n) is 13.8. The largest absolute Gasteiger partial charge is 0.367 e. The minimum Gasteiger partial charge on any atom is -0.367 e. The van der Waals surface area contributed by atoms with E-state index in [1.54, 1.807) is 9.91 Å². The van der Waals surface area contributed by atoms with Crippen LogP contribution >= 0.6 is 0 Å². The highest BCUT2D eigenvalue weighted by Crippen LogP contribution is 2.38. The van der Waals surface area contributed by atoms with Crippen molar-refractivity contribution in [3.63, 3.8) is 0 Å². The number of aromatic nitrogens is 1. The maximum atomic E-state index is 14.2. The molecule has 39 heavy (non-hydrogen) atoms. The van der Waals surface area contributed by atoms with E-state index in [4.69, 9.17) is 5.10 Å². The van der Waals surface area contributed by atoms with Crippen molar-refractivity contribution in [1.29, 1.82) is 0 Å². The van der Waals surface area contributed by atoms with Gasteiger partial charge in [0.05, 0.1) is 11.7 Å². The zero-order valence-corrected chi connectivity index (χ0v) is 22.6. The second kappa shape index (κ2) is 10.7. The lowest BCUT2D eigenvalue weighted by atomic mass is 9.98. The van der Waals surface area contributed by atoms with Gasteiger partial charge in [-0.05, 0) is 43.5 Å². The molecule has 3 aromatic carbocycles. The molecule has 1 atom stereocenters. The van der Waals surface area contributed by atoms with E-state index >= 15 is 0 Å². The number of aliphatic hydroxyl groups excluding tert-OH is 1. The van der Waals surface area contributed by atoms with E-state index in [1.165, 1.54) is 5.56 Å². The second-order valence-corrected chi connectivity index (χ2v) is 10.4. The lowest BCUT2D eigenvalue weighted by Gasteiger charge is -2.41. The Balaban J connectivity index is 1.35. The number of aliphatic hydroxyl groups is 1. The molecule has 0 aliphatic carbocycles. The number of likely N-dealkylation sites (tertiary alicyclic amines) is 1. The lowest BCUT2D eigenvalue weighted by molar-refractivity contribution is -0.113. The number of para-hydroxylation sites is 2. The van der Waals surface area contributed by atoms with Crippen molar-refractivity contribution in [3.05, 3.63) is 102 Å². The van der Waals surface area contributed by atoms with Gasteiger partial charge in [0.25, 0.3) is 5.91 Å². The Hall–Kier alpha value is -3.94. The molecule has 1 N–H and O–H groups in total. The van der Waals surface area contributed by atoms with E-state index in [0.717, 1.165) is 60.3 Å². The Labute approximate surface area is 229 Å². The number of carbonyl (C=O) groups excluding carboxylic acids is 1. The number of benzene rings is 3. The molecule has 0 bridgehead atoms. The van der Waals surface area contributed by atoms with Gasteiger partial charge in [0.1, 0.15) is 0 Å². The monoisotopic (exact) mass is 521 g/mol. The van der Waals surface area contributed by atoms with Gasteiger partial charge in [0.2, 0.25) is 0 Å². The maximum absolute atomic E-state index is 14.2. The molecule has 1 saturated heterocycles. The van der Waals surface area contributed by atoms with Crippen LogP contribution in [0.2, 0.25) is 0 Å². The van der Waals surface area contributed by atoms with Crippen molar-refractivity contribution in [3.8, 4) is 0 Å². The number of likely N-dealkylation sites (N-methyl/N-ethyl adjacent to an activating group) is 1. The fourth-order valence-electron chi connectivity index (χ4n) is 6.10. The molecule has 3 heterocycles. The summed E-state index contributed by atoms with van der Waals surface area (Å²) in [5.74, 6) is -0.153. The smallest absolute Gasteiger partial charge is 0.279 e. The molecule has 7 heteroatoms. The Morgan fingerprint density at radius 3 is 2.28 bits per heavy atom. The number of aryl methyl sites for hydroxylation is 1. The summed E-state index contributed by atoms with van der Waals surface area (Å²) in [6, 6.07) is 28.3. The third kappa shape index (κ3) is 4.62. The number of hydrogen-bond donors (Lipinski definition) is 1. The minimum atomic E-state index is -0.925. The van der Waals surface area contributed by atoms with E-state index in [-0.39, 0.29) is 11.9 Å². The van der Waals surface area contributed by atoms with Crippen LogP contribution in [0.25, 0.3) is 10.9 Å². The summed E-state index contributed by atoms with van der Waals surface area (Å²) >= 11 is 0. The van der Waals surface area contributed by atoms with Crippen molar-refractivity contribution in [1.82, 2.24) is 14.5 Å². The van der Waals surface area contributed by atoms with E-state index in [2.05, 4.69) is 29.2 Å². The lowest BCUT2D eigenvalue weighted by Crippen LogP contribution is -2.48. The number of nitrogens with zero attached hydrogens (tertiary/aromatic N) is 5. The highest BCUT2D eigenvalue weighted by atomic mass is 16.3. The number of fused-ring (bicyclic) bond motifs is 3. The Morgan fingerprint density at radius 2 is 1.59 bits per heavy atom. The molecule has 0 spiro atoms. The number of amides is 1. The van der Waals surface area contributed by atoms with Gasteiger partial charge in [-0.1, -0.05) is 66.7 Å². The minimum absolute atomic E-state index is 0.0350. The zero-order valence-electron chi connectivity index (χ0n) is 22.6. The van der Waals surface area contributed by atoms with E-state index in [0.29, 0.717) is 12.3 Å². The SMILES string of the molecule is CCN(C(=O)C1=NN(C2CCN(Cc3ccccc3)CC2)C(O)c2c1c1ccccc1n2C)c1ccccc1. The number of rotatable bonds is 6. The fourth-order valence-corrected chi connectivity index (χ4v) is 6.10. The van der Waals surface area contributed by atoms with E-state index in [1.807, 2.05) is 79.2 Å². The number of piperidine rings is 1. The molecule has 1 aromatic heterocycles.